The molecular formula is C29H26Cl2N10O. The zero-order chi connectivity index (χ0) is 29.4. The lowest BCUT2D eigenvalue weighted by atomic mass is 10.0. The first-order valence-corrected chi connectivity index (χ1v) is 13.9. The molecule has 2 N–H and O–H groups in total. The summed E-state index contributed by atoms with van der Waals surface area (Å²) in [7, 11) is 1.83. The summed E-state index contributed by atoms with van der Waals surface area (Å²) < 4.78 is 3.22. The van der Waals surface area contributed by atoms with E-state index in [-0.39, 0.29) is 5.91 Å². The molecule has 42 heavy (non-hydrogen) atoms. The lowest BCUT2D eigenvalue weighted by molar-refractivity contribution is -0.117. The molecule has 0 fully saturated rings. The van der Waals surface area contributed by atoms with Gasteiger partial charge in [0.2, 0.25) is 5.91 Å². The molecule has 1 atom stereocenters. The molecule has 6 rings (SSSR count). The number of benzene rings is 2. The zero-order valence-corrected chi connectivity index (χ0v) is 24.5. The van der Waals surface area contributed by atoms with Crippen molar-refractivity contribution in [2.75, 3.05) is 0 Å². The molecule has 1 aliphatic rings. The van der Waals surface area contributed by atoms with Crippen molar-refractivity contribution in [3.8, 4) is 16.9 Å². The fourth-order valence-electron chi connectivity index (χ4n) is 4.91. The molecule has 5 aromatic rings. The van der Waals surface area contributed by atoms with Gasteiger partial charge in [-0.2, -0.15) is 9.78 Å². The molecule has 4 heterocycles. The van der Waals surface area contributed by atoms with Gasteiger partial charge in [0.05, 0.1) is 46.6 Å². The van der Waals surface area contributed by atoms with Gasteiger partial charge in [0, 0.05) is 41.4 Å². The van der Waals surface area contributed by atoms with Crippen LogP contribution in [-0.4, -0.2) is 51.6 Å². The lowest BCUT2D eigenvalue weighted by Crippen LogP contribution is -2.29. The van der Waals surface area contributed by atoms with Crippen LogP contribution in [0.25, 0.3) is 23.0 Å². The number of tetrazole rings is 1. The summed E-state index contributed by atoms with van der Waals surface area (Å²) in [4.78, 5) is 25.8. The summed E-state index contributed by atoms with van der Waals surface area (Å²) >= 11 is 12.8. The highest BCUT2D eigenvalue weighted by Crippen LogP contribution is 2.29. The van der Waals surface area contributed by atoms with E-state index in [0.717, 1.165) is 22.7 Å². The van der Waals surface area contributed by atoms with E-state index in [2.05, 4.69) is 53.0 Å². The molecule has 2 aromatic carbocycles. The second kappa shape index (κ2) is 11.3. The first-order valence-electron chi connectivity index (χ1n) is 13.2. The fraction of sp³-hybridized carbons (Fsp3) is 0.207. The maximum atomic E-state index is 13.3. The number of aliphatic imine (C=N–C) groups is 1. The van der Waals surface area contributed by atoms with Crippen LogP contribution >= 0.6 is 23.2 Å². The number of H-pyrrole nitrogens is 1. The molecule has 0 saturated heterocycles. The maximum Gasteiger partial charge on any atom is 0.244 e. The number of aromatic amines is 1. The molecule has 212 valence electrons. The van der Waals surface area contributed by atoms with Crippen LogP contribution in [0.1, 0.15) is 46.9 Å². The Morgan fingerprint density at radius 3 is 2.81 bits per heavy atom. The number of carbonyl (C=O) groups excluding carboxylic acids is 1. The number of nitrogens with one attached hydrogen (secondary N) is 2. The van der Waals surface area contributed by atoms with Crippen LogP contribution < -0.4 is 5.32 Å². The average Bonchev–Trinajstić information content (AvgIpc) is 3.79. The van der Waals surface area contributed by atoms with Gasteiger partial charge in [0.25, 0.3) is 0 Å². The molecule has 1 amide bonds. The minimum Gasteiger partial charge on any atom is -0.342 e. The summed E-state index contributed by atoms with van der Waals surface area (Å²) in [5.74, 6) is 0.241. The van der Waals surface area contributed by atoms with Gasteiger partial charge in [-0.3, -0.25) is 14.5 Å². The largest absolute Gasteiger partial charge is 0.342 e. The van der Waals surface area contributed by atoms with Crippen molar-refractivity contribution in [2.45, 2.75) is 32.9 Å². The molecular weight excluding hydrogens is 575 g/mol. The first kappa shape index (κ1) is 27.6. The van der Waals surface area contributed by atoms with Gasteiger partial charge in [-0.1, -0.05) is 35.3 Å². The Morgan fingerprint density at radius 2 is 2.05 bits per heavy atom. The van der Waals surface area contributed by atoms with E-state index in [0.29, 0.717) is 45.8 Å². The Balaban J connectivity index is 1.28. The second-order valence-corrected chi connectivity index (χ2v) is 10.8. The van der Waals surface area contributed by atoms with Crippen molar-refractivity contribution >= 4 is 40.9 Å². The highest BCUT2D eigenvalue weighted by Gasteiger charge is 2.23. The Morgan fingerprint density at radius 1 is 1.19 bits per heavy atom. The normalized spacial score (nSPS) is 13.4. The summed E-state index contributed by atoms with van der Waals surface area (Å²) in [5, 5.41) is 20.0. The van der Waals surface area contributed by atoms with Crippen molar-refractivity contribution in [2.24, 2.45) is 12.0 Å². The number of carbonyl (C=O) groups is 1. The maximum absolute atomic E-state index is 13.3. The average molecular weight is 602 g/mol. The summed E-state index contributed by atoms with van der Waals surface area (Å²) in [6.07, 6.45) is 6.67. The van der Waals surface area contributed by atoms with Crippen LogP contribution in [-0.2, 0) is 24.8 Å². The standard InChI is InChI=1S/C29H26Cl2N10O/c1-16-22-7-4-18(10-20(22)13-32-16)25-14-33-29(36-25)24(12-23-28(31)17(2)40(3)37-23)35-27(42)9-5-19-11-21(30)6-8-26(19)41-15-34-38-39-41/h4-11,14-15,24H,12-13H2,1-3H3,(H,33,36)(H,35,42)/b9-5+/t24-/m0/s1. The van der Waals surface area contributed by atoms with Gasteiger partial charge in [0.15, 0.2) is 0 Å². The highest BCUT2D eigenvalue weighted by molar-refractivity contribution is 6.32. The van der Waals surface area contributed by atoms with Crippen molar-refractivity contribution < 1.29 is 4.79 Å². The monoisotopic (exact) mass is 600 g/mol. The third-order valence-corrected chi connectivity index (χ3v) is 7.99. The van der Waals surface area contributed by atoms with Gasteiger partial charge in [-0.25, -0.2) is 4.98 Å². The van der Waals surface area contributed by atoms with E-state index in [1.165, 1.54) is 28.2 Å². The second-order valence-electron chi connectivity index (χ2n) is 9.98. The molecule has 0 saturated carbocycles. The van der Waals surface area contributed by atoms with Crippen molar-refractivity contribution in [1.82, 2.24) is 45.3 Å². The number of halogens is 2. The Labute approximate surface area is 251 Å². The molecule has 0 unspecified atom stereocenters. The summed E-state index contributed by atoms with van der Waals surface area (Å²) in [5.41, 5.74) is 8.04. The predicted molar refractivity (Wildman–Crippen MR) is 161 cm³/mol. The molecule has 11 nitrogen and oxygen atoms in total. The quantitative estimate of drug-likeness (QED) is 0.245. The molecule has 0 aliphatic carbocycles. The molecule has 0 bridgehead atoms. The van der Waals surface area contributed by atoms with E-state index in [1.54, 1.807) is 35.2 Å². The van der Waals surface area contributed by atoms with Gasteiger partial charge in [-0.05, 0) is 65.7 Å². The molecule has 0 spiro atoms. The number of aryl methyl sites for hydroxylation is 1. The van der Waals surface area contributed by atoms with E-state index < -0.39 is 6.04 Å². The molecule has 0 radical (unpaired) electrons. The minimum absolute atomic E-state index is 0.331. The Hall–Kier alpha value is -4.61. The Bertz CT molecular complexity index is 1850. The SMILES string of the molecule is CC1=NCc2cc(-c3cnc([C@H](Cc4nn(C)c(C)c4Cl)NC(=O)/C=C/c4cc(Cl)ccc4-n4cnnn4)[nH]3)ccc21. The molecule has 1 aliphatic heterocycles. The van der Waals surface area contributed by atoms with E-state index in [9.17, 15) is 4.79 Å². The summed E-state index contributed by atoms with van der Waals surface area (Å²) in [6, 6.07) is 10.9. The number of hydrogen-bond acceptors (Lipinski definition) is 7. The molecule has 13 heteroatoms. The van der Waals surface area contributed by atoms with Crippen molar-refractivity contribution in [3.63, 3.8) is 0 Å². The number of rotatable bonds is 8. The fourth-order valence-corrected chi connectivity index (χ4v) is 5.33. The molecule has 3 aromatic heterocycles. The number of nitrogens with zero attached hydrogens (tertiary/aromatic N) is 8. The number of hydrogen-bond donors (Lipinski definition) is 2. The number of amides is 1. The Kier molecular flexibility index (Phi) is 7.44. The van der Waals surface area contributed by atoms with Crippen LogP contribution in [0, 0.1) is 6.92 Å². The van der Waals surface area contributed by atoms with Crippen LogP contribution in [0.5, 0.6) is 0 Å². The highest BCUT2D eigenvalue weighted by atomic mass is 35.5. The lowest BCUT2D eigenvalue weighted by Gasteiger charge is -2.15. The van der Waals surface area contributed by atoms with Crippen molar-refractivity contribution in [1.29, 1.82) is 0 Å². The van der Waals surface area contributed by atoms with Crippen LogP contribution in [0.2, 0.25) is 10.0 Å². The van der Waals surface area contributed by atoms with Gasteiger partial charge >= 0.3 is 0 Å². The van der Waals surface area contributed by atoms with Crippen LogP contribution in [0.3, 0.4) is 0 Å². The smallest absolute Gasteiger partial charge is 0.244 e. The third-order valence-electron chi connectivity index (χ3n) is 7.26. The van der Waals surface area contributed by atoms with E-state index in [1.807, 2.05) is 27.0 Å². The van der Waals surface area contributed by atoms with Gasteiger partial charge < -0.3 is 10.3 Å². The zero-order valence-electron chi connectivity index (χ0n) is 23.0. The van der Waals surface area contributed by atoms with Gasteiger partial charge in [0.1, 0.15) is 12.2 Å². The van der Waals surface area contributed by atoms with Crippen LogP contribution in [0.4, 0.5) is 0 Å². The number of fused-ring (bicyclic) bond motifs is 1. The topological polar surface area (TPSA) is 132 Å². The van der Waals surface area contributed by atoms with Crippen LogP contribution in [0.15, 0.2) is 60.0 Å². The third kappa shape index (κ3) is 5.48. The minimum atomic E-state index is -0.541. The first-order chi connectivity index (χ1) is 20.3. The predicted octanol–water partition coefficient (Wildman–Crippen LogP) is 4.84. The van der Waals surface area contributed by atoms with Crippen molar-refractivity contribution in [3.05, 3.63) is 98.9 Å². The van der Waals surface area contributed by atoms with Gasteiger partial charge in [-0.15, -0.1) is 5.10 Å². The van der Waals surface area contributed by atoms with E-state index in [4.69, 9.17) is 23.2 Å². The summed E-state index contributed by atoms with van der Waals surface area (Å²) in [6.45, 7) is 4.58. The van der Waals surface area contributed by atoms with E-state index >= 15 is 0 Å². The number of imidazole rings is 1. The number of aromatic nitrogens is 8.